The molecule has 5 aromatic rings. The number of fused-ring (bicyclic) bond motifs is 2. The van der Waals surface area contributed by atoms with Crippen LogP contribution in [0.15, 0.2) is 41.2 Å². The smallest absolute Gasteiger partial charge is 0.272 e. The van der Waals surface area contributed by atoms with Crippen LogP contribution in [0.25, 0.3) is 33.2 Å². The standard InChI is InChI=1S/C21H19N7O/c1-10-8-15-18(21(29)28-26-15)12(3)17(10)20-22-14-7-5-4-6-13(14)19(24-20)23-16-9-11(2)25-27-16/h4-9H,1-3H3,(H2,26,28,29)(H2,22,23,24,25,27). The van der Waals surface area contributed by atoms with Gasteiger partial charge in [-0.25, -0.2) is 9.97 Å². The molecule has 0 unspecified atom stereocenters. The van der Waals surface area contributed by atoms with Gasteiger partial charge in [0.1, 0.15) is 5.82 Å². The van der Waals surface area contributed by atoms with Gasteiger partial charge in [0.25, 0.3) is 5.56 Å². The molecular weight excluding hydrogens is 366 g/mol. The topological polar surface area (TPSA) is 115 Å². The van der Waals surface area contributed by atoms with E-state index in [1.165, 1.54) is 0 Å². The van der Waals surface area contributed by atoms with Crippen LogP contribution in [0.4, 0.5) is 11.6 Å². The van der Waals surface area contributed by atoms with Crippen LogP contribution in [0.2, 0.25) is 0 Å². The molecule has 0 saturated heterocycles. The summed E-state index contributed by atoms with van der Waals surface area (Å²) in [6, 6.07) is 11.7. The molecule has 0 amide bonds. The van der Waals surface area contributed by atoms with Gasteiger partial charge in [0.15, 0.2) is 11.6 Å². The number of para-hydroxylation sites is 1. The van der Waals surface area contributed by atoms with Gasteiger partial charge >= 0.3 is 0 Å². The SMILES string of the molecule is Cc1cc(Nc2nc(-c3c(C)cc4[nH][nH]c(=O)c4c3C)nc3ccccc23)n[nH]1. The Labute approximate surface area is 165 Å². The number of aromatic amines is 3. The van der Waals surface area contributed by atoms with Gasteiger partial charge < -0.3 is 5.32 Å². The molecule has 0 aliphatic heterocycles. The molecule has 8 nitrogen and oxygen atoms in total. The number of H-pyrrole nitrogens is 3. The van der Waals surface area contributed by atoms with Crippen LogP contribution in [-0.4, -0.2) is 30.4 Å². The summed E-state index contributed by atoms with van der Waals surface area (Å²) in [4.78, 5) is 21.9. The number of aryl methyl sites for hydroxylation is 3. The fourth-order valence-corrected chi connectivity index (χ4v) is 3.79. The number of nitrogens with zero attached hydrogens (tertiary/aromatic N) is 3. The molecule has 0 fully saturated rings. The van der Waals surface area contributed by atoms with Gasteiger partial charge in [0.05, 0.1) is 16.4 Å². The number of hydrogen-bond donors (Lipinski definition) is 4. The van der Waals surface area contributed by atoms with Crippen LogP contribution in [0.1, 0.15) is 16.8 Å². The summed E-state index contributed by atoms with van der Waals surface area (Å²) in [7, 11) is 0. The summed E-state index contributed by atoms with van der Waals surface area (Å²) in [6.07, 6.45) is 0. The van der Waals surface area contributed by atoms with Gasteiger partial charge in [-0.15, -0.1) is 0 Å². The van der Waals surface area contributed by atoms with E-state index >= 15 is 0 Å². The average molecular weight is 385 g/mol. The highest BCUT2D eigenvalue weighted by Gasteiger charge is 2.18. The molecule has 3 aromatic heterocycles. The molecule has 29 heavy (non-hydrogen) atoms. The summed E-state index contributed by atoms with van der Waals surface area (Å²) >= 11 is 0. The molecule has 0 atom stereocenters. The Hall–Kier alpha value is -3.94. The van der Waals surface area contributed by atoms with Crippen molar-refractivity contribution in [3.8, 4) is 11.4 Å². The summed E-state index contributed by atoms with van der Waals surface area (Å²) in [5.74, 6) is 1.92. The Balaban J connectivity index is 1.77. The summed E-state index contributed by atoms with van der Waals surface area (Å²) < 4.78 is 0. The van der Waals surface area contributed by atoms with E-state index in [1.54, 1.807) is 0 Å². The molecule has 8 heteroatoms. The Morgan fingerprint density at radius 2 is 1.83 bits per heavy atom. The van der Waals surface area contributed by atoms with Crippen molar-refractivity contribution in [2.24, 2.45) is 0 Å². The maximum atomic E-state index is 12.3. The third kappa shape index (κ3) is 2.77. The van der Waals surface area contributed by atoms with E-state index in [1.807, 2.05) is 57.2 Å². The maximum Gasteiger partial charge on any atom is 0.272 e. The average Bonchev–Trinajstić information content (AvgIpc) is 3.27. The number of aromatic nitrogens is 6. The van der Waals surface area contributed by atoms with Crippen molar-refractivity contribution in [3.63, 3.8) is 0 Å². The number of nitrogens with one attached hydrogen (secondary N) is 4. The molecule has 0 aliphatic rings. The minimum Gasteiger partial charge on any atom is -0.323 e. The molecule has 3 heterocycles. The first-order chi connectivity index (χ1) is 14.0. The van der Waals surface area contributed by atoms with Crippen molar-refractivity contribution >= 4 is 33.4 Å². The van der Waals surface area contributed by atoms with E-state index in [0.29, 0.717) is 22.8 Å². The first-order valence-electron chi connectivity index (χ1n) is 9.28. The summed E-state index contributed by atoms with van der Waals surface area (Å²) in [5.41, 5.74) is 5.09. The normalized spacial score (nSPS) is 11.4. The van der Waals surface area contributed by atoms with E-state index in [-0.39, 0.29) is 5.56 Å². The first kappa shape index (κ1) is 17.2. The lowest BCUT2D eigenvalue weighted by Gasteiger charge is -2.13. The van der Waals surface area contributed by atoms with E-state index in [2.05, 4.69) is 25.7 Å². The largest absolute Gasteiger partial charge is 0.323 e. The Morgan fingerprint density at radius 1 is 1.00 bits per heavy atom. The maximum absolute atomic E-state index is 12.3. The molecule has 0 bridgehead atoms. The van der Waals surface area contributed by atoms with Crippen molar-refractivity contribution in [2.45, 2.75) is 20.8 Å². The van der Waals surface area contributed by atoms with Crippen LogP contribution in [0, 0.1) is 20.8 Å². The van der Waals surface area contributed by atoms with E-state index < -0.39 is 0 Å². The number of benzene rings is 2. The van der Waals surface area contributed by atoms with Gasteiger partial charge in [-0.1, -0.05) is 12.1 Å². The molecule has 0 aliphatic carbocycles. The van der Waals surface area contributed by atoms with E-state index in [0.717, 1.165) is 38.8 Å². The van der Waals surface area contributed by atoms with Crippen molar-refractivity contribution in [3.05, 3.63) is 63.6 Å². The molecule has 4 N–H and O–H groups in total. The molecule has 2 aromatic carbocycles. The minimum atomic E-state index is -0.148. The fourth-order valence-electron chi connectivity index (χ4n) is 3.79. The zero-order valence-electron chi connectivity index (χ0n) is 16.2. The molecule has 0 saturated carbocycles. The first-order valence-corrected chi connectivity index (χ1v) is 9.28. The zero-order chi connectivity index (χ0) is 20.1. The van der Waals surface area contributed by atoms with Crippen LogP contribution < -0.4 is 10.9 Å². The lowest BCUT2D eigenvalue weighted by Crippen LogP contribution is -2.04. The number of anilines is 2. The van der Waals surface area contributed by atoms with Crippen LogP contribution in [0.5, 0.6) is 0 Å². The third-order valence-corrected chi connectivity index (χ3v) is 5.09. The molecular formula is C21H19N7O. The molecule has 144 valence electrons. The fraction of sp³-hybridized carbons (Fsp3) is 0.143. The Kier molecular flexibility index (Phi) is 3.73. The Bertz CT molecular complexity index is 1440. The third-order valence-electron chi connectivity index (χ3n) is 5.09. The van der Waals surface area contributed by atoms with E-state index in [9.17, 15) is 4.79 Å². The highest BCUT2D eigenvalue weighted by molar-refractivity contribution is 5.94. The summed E-state index contributed by atoms with van der Waals surface area (Å²) in [6.45, 7) is 5.87. The van der Waals surface area contributed by atoms with Crippen LogP contribution in [0.3, 0.4) is 0 Å². The van der Waals surface area contributed by atoms with Crippen LogP contribution in [-0.2, 0) is 0 Å². The van der Waals surface area contributed by atoms with Gasteiger partial charge in [-0.3, -0.25) is 20.1 Å². The second-order valence-electron chi connectivity index (χ2n) is 7.17. The van der Waals surface area contributed by atoms with Gasteiger partial charge in [0, 0.05) is 22.7 Å². The monoisotopic (exact) mass is 385 g/mol. The van der Waals surface area contributed by atoms with Crippen molar-refractivity contribution in [1.29, 1.82) is 0 Å². The van der Waals surface area contributed by atoms with Gasteiger partial charge in [-0.2, -0.15) is 5.10 Å². The second-order valence-corrected chi connectivity index (χ2v) is 7.17. The minimum absolute atomic E-state index is 0.148. The predicted octanol–water partition coefficient (Wildman–Crippen LogP) is 3.86. The highest BCUT2D eigenvalue weighted by atomic mass is 16.1. The van der Waals surface area contributed by atoms with Crippen molar-refractivity contribution in [1.82, 2.24) is 30.4 Å². The van der Waals surface area contributed by atoms with Gasteiger partial charge in [0.2, 0.25) is 0 Å². The number of rotatable bonds is 3. The van der Waals surface area contributed by atoms with Crippen molar-refractivity contribution < 1.29 is 0 Å². The summed E-state index contributed by atoms with van der Waals surface area (Å²) in [5, 5.41) is 17.6. The molecule has 0 radical (unpaired) electrons. The molecule has 5 rings (SSSR count). The highest BCUT2D eigenvalue weighted by Crippen LogP contribution is 2.32. The molecule has 0 spiro atoms. The quantitative estimate of drug-likeness (QED) is 0.376. The van der Waals surface area contributed by atoms with E-state index in [4.69, 9.17) is 9.97 Å². The van der Waals surface area contributed by atoms with Crippen LogP contribution >= 0.6 is 0 Å². The van der Waals surface area contributed by atoms with Crippen molar-refractivity contribution in [2.75, 3.05) is 5.32 Å². The lowest BCUT2D eigenvalue weighted by molar-refractivity contribution is 1.05. The van der Waals surface area contributed by atoms with Gasteiger partial charge in [-0.05, 0) is 50.1 Å². The Morgan fingerprint density at radius 3 is 2.62 bits per heavy atom. The second kappa shape index (κ2) is 6.30. The lowest BCUT2D eigenvalue weighted by atomic mass is 9.98. The number of hydrogen-bond acceptors (Lipinski definition) is 5. The zero-order valence-corrected chi connectivity index (χ0v) is 16.2. The predicted molar refractivity (Wildman–Crippen MR) is 114 cm³/mol.